The van der Waals surface area contributed by atoms with Gasteiger partial charge in [0.25, 0.3) is 5.56 Å². The van der Waals surface area contributed by atoms with Gasteiger partial charge in [0.15, 0.2) is 0 Å². The standard InChI is InChI=1S/C18H21ClF2N2O2/c1-18(20,21)5-9-23-7-3-13(4-8-23)25-16-10-12-2-6-22-17(24)14(12)11-15(16)19/h2,6,10-11,13H,3-5,7-9H2,1H3,(H,22,24). The third-order valence-electron chi connectivity index (χ3n) is 4.52. The normalized spacial score (nSPS) is 17.1. The van der Waals surface area contributed by atoms with Gasteiger partial charge in [-0.05, 0) is 43.4 Å². The summed E-state index contributed by atoms with van der Waals surface area (Å²) in [6.45, 7) is 2.81. The topological polar surface area (TPSA) is 45.3 Å². The Morgan fingerprint density at radius 3 is 2.76 bits per heavy atom. The maximum atomic E-state index is 13.0. The molecule has 136 valence electrons. The van der Waals surface area contributed by atoms with Crippen molar-refractivity contribution in [3.05, 3.63) is 39.8 Å². The molecular weight excluding hydrogens is 350 g/mol. The first-order chi connectivity index (χ1) is 11.8. The predicted molar refractivity (Wildman–Crippen MR) is 94.9 cm³/mol. The van der Waals surface area contributed by atoms with Gasteiger partial charge in [0.1, 0.15) is 11.9 Å². The van der Waals surface area contributed by atoms with E-state index in [9.17, 15) is 13.6 Å². The molecular formula is C18H21ClF2N2O2. The van der Waals surface area contributed by atoms with Crippen LogP contribution in [-0.2, 0) is 0 Å². The highest BCUT2D eigenvalue weighted by Gasteiger charge is 2.25. The number of fused-ring (bicyclic) bond motifs is 1. The zero-order valence-electron chi connectivity index (χ0n) is 14.0. The third kappa shape index (κ3) is 4.70. The molecule has 1 aliphatic rings. The second kappa shape index (κ2) is 7.30. The zero-order valence-corrected chi connectivity index (χ0v) is 14.8. The molecule has 0 atom stereocenters. The molecule has 2 heterocycles. The summed E-state index contributed by atoms with van der Waals surface area (Å²) < 4.78 is 31.9. The number of piperidine rings is 1. The van der Waals surface area contributed by atoms with E-state index in [-0.39, 0.29) is 18.1 Å². The number of nitrogens with zero attached hydrogens (tertiary/aromatic N) is 1. The third-order valence-corrected chi connectivity index (χ3v) is 4.82. The number of ether oxygens (including phenoxy) is 1. The highest BCUT2D eigenvalue weighted by molar-refractivity contribution is 6.32. The maximum Gasteiger partial charge on any atom is 0.255 e. The highest BCUT2D eigenvalue weighted by Crippen LogP contribution is 2.31. The van der Waals surface area contributed by atoms with Gasteiger partial charge in [-0.2, -0.15) is 0 Å². The van der Waals surface area contributed by atoms with Gasteiger partial charge in [-0.3, -0.25) is 4.79 Å². The van der Waals surface area contributed by atoms with Gasteiger partial charge < -0.3 is 14.6 Å². The molecule has 1 aromatic carbocycles. The molecule has 25 heavy (non-hydrogen) atoms. The number of halogens is 3. The molecule has 1 fully saturated rings. The zero-order chi connectivity index (χ0) is 18.0. The monoisotopic (exact) mass is 370 g/mol. The van der Waals surface area contributed by atoms with Crippen molar-refractivity contribution in [2.24, 2.45) is 0 Å². The van der Waals surface area contributed by atoms with Crippen LogP contribution in [0.2, 0.25) is 5.02 Å². The molecule has 1 aliphatic heterocycles. The molecule has 4 nitrogen and oxygen atoms in total. The van der Waals surface area contributed by atoms with Crippen LogP contribution in [0.5, 0.6) is 5.75 Å². The van der Waals surface area contributed by atoms with Gasteiger partial charge in [-0.25, -0.2) is 8.78 Å². The summed E-state index contributed by atoms with van der Waals surface area (Å²) >= 11 is 6.25. The molecule has 1 N–H and O–H groups in total. The molecule has 0 radical (unpaired) electrons. The van der Waals surface area contributed by atoms with Crippen LogP contribution in [0, 0.1) is 0 Å². The number of benzene rings is 1. The Morgan fingerprint density at radius 1 is 1.36 bits per heavy atom. The lowest BCUT2D eigenvalue weighted by Gasteiger charge is -2.32. The molecule has 0 aliphatic carbocycles. The van der Waals surface area contributed by atoms with Crippen LogP contribution in [0.3, 0.4) is 0 Å². The number of aromatic amines is 1. The van der Waals surface area contributed by atoms with Crippen molar-refractivity contribution in [2.45, 2.75) is 38.2 Å². The molecule has 1 aromatic heterocycles. The lowest BCUT2D eigenvalue weighted by atomic mass is 10.1. The average molecular weight is 371 g/mol. The Bertz CT molecular complexity index is 796. The predicted octanol–water partition coefficient (Wildman–Crippen LogP) is 4.07. The number of pyridine rings is 1. The van der Waals surface area contributed by atoms with Crippen molar-refractivity contribution in [1.29, 1.82) is 0 Å². The van der Waals surface area contributed by atoms with E-state index in [1.807, 2.05) is 4.90 Å². The number of likely N-dealkylation sites (tertiary alicyclic amines) is 1. The number of hydrogen-bond donors (Lipinski definition) is 1. The van der Waals surface area contributed by atoms with Crippen molar-refractivity contribution in [3.8, 4) is 5.75 Å². The summed E-state index contributed by atoms with van der Waals surface area (Å²) in [7, 11) is 0. The smallest absolute Gasteiger partial charge is 0.255 e. The number of nitrogens with one attached hydrogen (secondary N) is 1. The Hall–Kier alpha value is -1.66. The lowest BCUT2D eigenvalue weighted by molar-refractivity contribution is -0.00220. The molecule has 0 saturated carbocycles. The summed E-state index contributed by atoms with van der Waals surface area (Å²) in [6, 6.07) is 5.19. The minimum atomic E-state index is -2.62. The molecule has 3 rings (SSSR count). The van der Waals surface area contributed by atoms with Gasteiger partial charge >= 0.3 is 0 Å². The Balaban J connectivity index is 1.62. The highest BCUT2D eigenvalue weighted by atomic mass is 35.5. The fraction of sp³-hybridized carbons (Fsp3) is 0.500. The largest absolute Gasteiger partial charge is 0.489 e. The minimum Gasteiger partial charge on any atom is -0.489 e. The van der Waals surface area contributed by atoms with E-state index in [0.717, 1.165) is 38.2 Å². The second-order valence-corrected chi connectivity index (χ2v) is 7.06. The molecule has 0 amide bonds. The second-order valence-electron chi connectivity index (χ2n) is 6.66. The van der Waals surface area contributed by atoms with Gasteiger partial charge in [-0.15, -0.1) is 0 Å². The van der Waals surface area contributed by atoms with E-state index in [2.05, 4.69) is 4.98 Å². The Kier molecular flexibility index (Phi) is 5.29. The summed E-state index contributed by atoms with van der Waals surface area (Å²) in [5, 5.41) is 1.69. The maximum absolute atomic E-state index is 13.0. The first kappa shape index (κ1) is 18.1. The van der Waals surface area contributed by atoms with Crippen LogP contribution in [0.1, 0.15) is 26.2 Å². The summed E-state index contributed by atoms with van der Waals surface area (Å²) in [5.74, 6) is -2.07. The first-order valence-corrected chi connectivity index (χ1v) is 8.77. The molecule has 0 spiro atoms. The van der Waals surface area contributed by atoms with Crippen molar-refractivity contribution >= 4 is 22.4 Å². The Morgan fingerprint density at radius 2 is 2.08 bits per heavy atom. The van der Waals surface area contributed by atoms with E-state index in [1.54, 1.807) is 24.4 Å². The van der Waals surface area contributed by atoms with Gasteiger partial charge in [0, 0.05) is 37.6 Å². The number of aromatic nitrogens is 1. The van der Waals surface area contributed by atoms with E-state index in [4.69, 9.17) is 16.3 Å². The minimum absolute atomic E-state index is 0.00432. The van der Waals surface area contributed by atoms with Gasteiger partial charge in [0.05, 0.1) is 5.02 Å². The van der Waals surface area contributed by atoms with Crippen LogP contribution in [-0.4, -0.2) is 41.5 Å². The molecule has 0 unspecified atom stereocenters. The van der Waals surface area contributed by atoms with E-state index in [1.165, 1.54) is 0 Å². The van der Waals surface area contributed by atoms with Gasteiger partial charge in [-0.1, -0.05) is 11.6 Å². The quantitative estimate of drug-likeness (QED) is 0.862. The summed E-state index contributed by atoms with van der Waals surface area (Å²) in [6.07, 6.45) is 2.99. The molecule has 2 aromatic rings. The number of rotatable bonds is 5. The van der Waals surface area contributed by atoms with Crippen LogP contribution >= 0.6 is 11.6 Å². The van der Waals surface area contributed by atoms with Crippen molar-refractivity contribution in [3.63, 3.8) is 0 Å². The van der Waals surface area contributed by atoms with Crippen LogP contribution in [0.15, 0.2) is 29.2 Å². The van der Waals surface area contributed by atoms with E-state index < -0.39 is 5.92 Å². The fourth-order valence-corrected chi connectivity index (χ4v) is 3.27. The SMILES string of the molecule is CC(F)(F)CCN1CCC(Oc2cc3cc[nH]c(=O)c3cc2Cl)CC1. The molecule has 0 bridgehead atoms. The van der Waals surface area contributed by atoms with Crippen molar-refractivity contribution in [2.75, 3.05) is 19.6 Å². The average Bonchev–Trinajstić information content (AvgIpc) is 2.55. The van der Waals surface area contributed by atoms with E-state index in [0.29, 0.717) is 22.7 Å². The van der Waals surface area contributed by atoms with Crippen LogP contribution < -0.4 is 10.3 Å². The fourth-order valence-electron chi connectivity index (χ4n) is 3.06. The number of hydrogen-bond acceptors (Lipinski definition) is 3. The van der Waals surface area contributed by atoms with E-state index >= 15 is 0 Å². The summed E-state index contributed by atoms with van der Waals surface area (Å²) in [5.41, 5.74) is -0.188. The Labute approximate surface area is 149 Å². The summed E-state index contributed by atoms with van der Waals surface area (Å²) in [4.78, 5) is 16.4. The van der Waals surface area contributed by atoms with Crippen molar-refractivity contribution in [1.82, 2.24) is 9.88 Å². The van der Waals surface area contributed by atoms with Gasteiger partial charge in [0.2, 0.25) is 5.92 Å². The number of H-pyrrole nitrogens is 1. The number of alkyl halides is 2. The van der Waals surface area contributed by atoms with Crippen molar-refractivity contribution < 1.29 is 13.5 Å². The first-order valence-electron chi connectivity index (χ1n) is 8.40. The lowest BCUT2D eigenvalue weighted by Crippen LogP contribution is -2.39. The molecule has 7 heteroatoms. The van der Waals surface area contributed by atoms with Crippen LogP contribution in [0.25, 0.3) is 10.8 Å². The molecule has 1 saturated heterocycles. The van der Waals surface area contributed by atoms with Crippen LogP contribution in [0.4, 0.5) is 8.78 Å².